The molecule has 4 aromatic carbocycles. The summed E-state index contributed by atoms with van der Waals surface area (Å²) >= 11 is 0. The number of halogens is 3. The minimum absolute atomic E-state index is 0.369. The Kier molecular flexibility index (Phi) is 10.0. The zero-order valence-corrected chi connectivity index (χ0v) is 28.5. The topological polar surface area (TPSA) is 88.6 Å². The first-order valence-corrected chi connectivity index (χ1v) is 18.3. The van der Waals surface area contributed by atoms with E-state index in [0.717, 1.165) is 16.7 Å². The monoisotopic (exact) mass is 691 g/mol. The van der Waals surface area contributed by atoms with Crippen molar-refractivity contribution in [2.75, 3.05) is 0 Å². The first kappa shape index (κ1) is 35.5. The molecule has 248 valence electrons. The van der Waals surface area contributed by atoms with Crippen molar-refractivity contribution in [2.45, 2.75) is 44.4 Å². The van der Waals surface area contributed by atoms with Gasteiger partial charge in [-0.05, 0) is 75.6 Å². The second-order valence-corrected chi connectivity index (χ2v) is 17.0. The van der Waals surface area contributed by atoms with Gasteiger partial charge in [0.05, 0.1) is 16.9 Å². The zero-order chi connectivity index (χ0) is 34.8. The van der Waals surface area contributed by atoms with Gasteiger partial charge in [-0.2, -0.15) is 13.2 Å². The molecule has 0 spiro atoms. The number of benzene rings is 4. The van der Waals surface area contributed by atoms with Crippen LogP contribution in [0.1, 0.15) is 27.7 Å². The van der Waals surface area contributed by atoms with Crippen LogP contribution in [0.5, 0.6) is 0 Å². The fourth-order valence-electron chi connectivity index (χ4n) is 5.43. The molecule has 6 rings (SSSR count). The second-order valence-electron chi connectivity index (χ2n) is 12.2. The molecule has 0 amide bonds. The van der Waals surface area contributed by atoms with E-state index in [0.29, 0.717) is 0 Å². The Bertz CT molecular complexity index is 1830. The van der Waals surface area contributed by atoms with Gasteiger partial charge in [0.1, 0.15) is 28.5 Å². The molecular weight excluding hydrogens is 657 g/mol. The largest absolute Gasteiger partial charge is 0.741 e. The Hall–Kier alpha value is -3.86. The third kappa shape index (κ3) is 7.11. The quantitative estimate of drug-likeness (QED) is 0.0981. The first-order chi connectivity index (χ1) is 22.6. The van der Waals surface area contributed by atoms with Crippen molar-refractivity contribution in [1.82, 2.24) is 4.98 Å². The molecule has 0 saturated carbocycles. The van der Waals surface area contributed by atoms with Crippen LogP contribution in [0.2, 0.25) is 0 Å². The highest BCUT2D eigenvalue weighted by Crippen LogP contribution is 2.54. The van der Waals surface area contributed by atoms with E-state index in [4.69, 9.17) is 27.3 Å². The number of alkyl halides is 3. The average molecular weight is 692 g/mol. The standard InChI is InChI=1S/C35H34BNO2P.CHF3O3S/c1-34(2)35(3,4)39-36(38-34)28-22-20-27(21-23-28)33-26-32(24-25-37-33)40(29-14-8-5-9-15-29,30-16-10-6-11-17-30)31-18-12-7-13-19-31;2-1(3,4)8(5,6)7/h5-26H,1-4H3;(H,5,6,7)/q+1;/p-1. The van der Waals surface area contributed by atoms with Gasteiger partial charge in [0.2, 0.25) is 0 Å². The highest BCUT2D eigenvalue weighted by atomic mass is 32.2. The van der Waals surface area contributed by atoms with Crippen molar-refractivity contribution < 1.29 is 35.5 Å². The predicted molar refractivity (Wildman–Crippen MR) is 186 cm³/mol. The fourth-order valence-corrected chi connectivity index (χ4v) is 9.68. The number of hydrogen-bond donors (Lipinski definition) is 0. The molecule has 48 heavy (non-hydrogen) atoms. The maximum atomic E-state index is 10.7. The molecule has 1 aliphatic heterocycles. The lowest BCUT2D eigenvalue weighted by Gasteiger charge is -2.32. The molecule has 1 aliphatic rings. The smallest absolute Gasteiger partial charge is 0.494 e. The third-order valence-electron chi connectivity index (χ3n) is 8.58. The van der Waals surface area contributed by atoms with Crippen LogP contribution >= 0.6 is 7.26 Å². The number of rotatable bonds is 6. The zero-order valence-electron chi connectivity index (χ0n) is 26.8. The van der Waals surface area contributed by atoms with Gasteiger partial charge in [-0.1, -0.05) is 78.9 Å². The van der Waals surface area contributed by atoms with Crippen LogP contribution in [0.4, 0.5) is 13.2 Å². The van der Waals surface area contributed by atoms with Crippen molar-refractivity contribution in [3.63, 3.8) is 0 Å². The normalized spacial score (nSPS) is 15.8. The predicted octanol–water partition coefficient (Wildman–Crippen LogP) is 5.72. The molecule has 6 nitrogen and oxygen atoms in total. The van der Waals surface area contributed by atoms with E-state index in [1.807, 2.05) is 6.20 Å². The van der Waals surface area contributed by atoms with Crippen molar-refractivity contribution in [1.29, 1.82) is 0 Å². The summed E-state index contributed by atoms with van der Waals surface area (Å²) in [6.45, 7) is 8.33. The number of nitrogens with zero attached hydrogens (tertiary/aromatic N) is 1. The summed E-state index contributed by atoms with van der Waals surface area (Å²) < 4.78 is 71.4. The van der Waals surface area contributed by atoms with E-state index in [2.05, 4.69) is 155 Å². The van der Waals surface area contributed by atoms with Crippen LogP contribution in [0, 0.1) is 0 Å². The highest BCUT2D eigenvalue weighted by Gasteiger charge is 2.52. The highest BCUT2D eigenvalue weighted by molar-refractivity contribution is 8.01. The van der Waals surface area contributed by atoms with E-state index in [1.165, 1.54) is 21.2 Å². The van der Waals surface area contributed by atoms with Crippen molar-refractivity contribution in [2.24, 2.45) is 0 Å². The average Bonchev–Trinajstić information content (AvgIpc) is 3.28. The summed E-state index contributed by atoms with van der Waals surface area (Å²) in [5.41, 5.74) is -3.36. The third-order valence-corrected chi connectivity index (χ3v) is 13.4. The van der Waals surface area contributed by atoms with Gasteiger partial charge in [-0.3, -0.25) is 4.98 Å². The van der Waals surface area contributed by atoms with Crippen molar-refractivity contribution in [3.8, 4) is 11.3 Å². The van der Waals surface area contributed by atoms with Crippen LogP contribution < -0.4 is 26.7 Å². The van der Waals surface area contributed by atoms with Gasteiger partial charge in [-0.25, -0.2) is 8.42 Å². The molecule has 12 heteroatoms. The van der Waals surface area contributed by atoms with Crippen LogP contribution in [0.15, 0.2) is 134 Å². The van der Waals surface area contributed by atoms with Crippen LogP contribution in [-0.2, 0) is 19.4 Å². The van der Waals surface area contributed by atoms with Gasteiger partial charge >= 0.3 is 12.6 Å². The molecule has 0 unspecified atom stereocenters. The SMILES string of the molecule is CC1(C)OB(c2ccc(-c3cc([P+](c4ccccc4)(c4ccccc4)c4ccccc4)ccn3)cc2)OC1(C)C.O=S(=O)([O-])C(F)(F)F. The lowest BCUT2D eigenvalue weighted by Crippen LogP contribution is -2.41. The summed E-state index contributed by atoms with van der Waals surface area (Å²) in [5.74, 6) is 0. The summed E-state index contributed by atoms with van der Waals surface area (Å²) in [4.78, 5) is 4.83. The molecule has 5 aromatic rings. The second kappa shape index (κ2) is 13.6. The van der Waals surface area contributed by atoms with Crippen LogP contribution in [0.25, 0.3) is 11.3 Å². The molecule has 2 heterocycles. The molecule has 0 radical (unpaired) electrons. The van der Waals surface area contributed by atoms with Crippen molar-refractivity contribution in [3.05, 3.63) is 134 Å². The first-order valence-electron chi connectivity index (χ1n) is 15.1. The molecule has 0 bridgehead atoms. The van der Waals surface area contributed by atoms with E-state index in [1.54, 1.807) is 0 Å². The Morgan fingerprint density at radius 1 is 0.667 bits per heavy atom. The number of hydrogen-bond acceptors (Lipinski definition) is 6. The van der Waals surface area contributed by atoms with Crippen LogP contribution in [0.3, 0.4) is 0 Å². The maximum absolute atomic E-state index is 10.7. The molecule has 1 saturated heterocycles. The summed E-state index contributed by atoms with van der Waals surface area (Å²) in [5, 5.41) is 5.23. The minimum Gasteiger partial charge on any atom is -0.741 e. The Morgan fingerprint density at radius 2 is 1.06 bits per heavy atom. The molecule has 0 atom stereocenters. The molecular formula is C36H34BF3NO5PS. The molecule has 0 aliphatic carbocycles. The van der Waals surface area contributed by atoms with Crippen LogP contribution in [-0.4, -0.2) is 41.8 Å². The van der Waals surface area contributed by atoms with E-state index < -0.39 is 22.9 Å². The Morgan fingerprint density at radius 3 is 1.44 bits per heavy atom. The molecule has 1 aromatic heterocycles. The van der Waals surface area contributed by atoms with E-state index in [-0.39, 0.29) is 18.3 Å². The Balaban J connectivity index is 0.000000503. The molecule has 1 fully saturated rings. The van der Waals surface area contributed by atoms with Gasteiger partial charge in [0, 0.05) is 17.8 Å². The fraction of sp³-hybridized carbons (Fsp3) is 0.194. The van der Waals surface area contributed by atoms with Gasteiger partial charge in [0.15, 0.2) is 10.1 Å². The maximum Gasteiger partial charge on any atom is 0.494 e. The van der Waals surface area contributed by atoms with E-state index in [9.17, 15) is 13.2 Å². The van der Waals surface area contributed by atoms with Gasteiger partial charge in [0.25, 0.3) is 0 Å². The molecule has 0 N–H and O–H groups in total. The summed E-state index contributed by atoms with van der Waals surface area (Å²) in [6.07, 6.45) is 1.95. The van der Waals surface area contributed by atoms with Gasteiger partial charge in [-0.15, -0.1) is 0 Å². The lowest BCUT2D eigenvalue weighted by molar-refractivity contribution is -0.0517. The number of aromatic nitrogens is 1. The van der Waals surface area contributed by atoms with E-state index >= 15 is 0 Å². The van der Waals surface area contributed by atoms with Gasteiger partial charge < -0.3 is 13.9 Å². The lowest BCUT2D eigenvalue weighted by atomic mass is 9.79. The number of pyridine rings is 1. The minimum atomic E-state index is -6.09. The summed E-state index contributed by atoms with van der Waals surface area (Å²) in [6, 6.07) is 45.7. The summed E-state index contributed by atoms with van der Waals surface area (Å²) in [7, 11) is -8.66. The Labute approximate surface area is 280 Å². The van der Waals surface area contributed by atoms with Crippen molar-refractivity contribution >= 4 is 51.2 Å².